The van der Waals surface area contributed by atoms with Crippen molar-refractivity contribution in [3.05, 3.63) is 0 Å². The summed E-state index contributed by atoms with van der Waals surface area (Å²) >= 11 is 0. The first-order chi connectivity index (χ1) is 10.2. The van der Waals surface area contributed by atoms with E-state index in [1.807, 2.05) is 0 Å². The van der Waals surface area contributed by atoms with E-state index >= 15 is 0 Å². The average molecular weight is 462 g/mol. The monoisotopic (exact) mass is 460 g/mol. The number of halogens is 2. The van der Waals surface area contributed by atoms with Gasteiger partial charge in [-0.05, 0) is 13.8 Å². The smallest absolute Gasteiger partial charge is 0.103 e. The molecule has 2 aliphatic heterocycles. The van der Waals surface area contributed by atoms with Crippen LogP contribution < -0.4 is 34.0 Å². The molecule has 2 heterocycles. The molecule has 0 saturated carbocycles. The second-order valence-electron chi connectivity index (χ2n) is 6.49. The van der Waals surface area contributed by atoms with E-state index < -0.39 is 0 Å². The summed E-state index contributed by atoms with van der Waals surface area (Å²) in [6.45, 7) is 19.2. The van der Waals surface area contributed by atoms with Crippen LogP contribution in [0.4, 0.5) is 0 Å². The Labute approximate surface area is 163 Å². The molecular formula is C16H34Br2N2O3. The van der Waals surface area contributed by atoms with Gasteiger partial charge in [0.05, 0.1) is 52.7 Å². The third kappa shape index (κ3) is 7.26. The fraction of sp³-hybridized carbons (Fsp3) is 1.00. The average Bonchev–Trinajstić information content (AvgIpc) is 2.56. The Hall–Kier alpha value is 0.760. The first-order valence-electron chi connectivity index (χ1n) is 8.68. The van der Waals surface area contributed by atoms with Crippen molar-refractivity contribution in [3.63, 3.8) is 0 Å². The summed E-state index contributed by atoms with van der Waals surface area (Å²) in [6, 6.07) is 0. The zero-order chi connectivity index (χ0) is 15.0. The first kappa shape index (κ1) is 23.8. The van der Waals surface area contributed by atoms with Gasteiger partial charge >= 0.3 is 0 Å². The van der Waals surface area contributed by atoms with E-state index in [2.05, 4.69) is 13.8 Å². The molecule has 0 unspecified atom stereocenters. The van der Waals surface area contributed by atoms with Crippen LogP contribution in [0, 0.1) is 0 Å². The van der Waals surface area contributed by atoms with Crippen molar-refractivity contribution in [2.75, 3.05) is 92.0 Å². The van der Waals surface area contributed by atoms with Gasteiger partial charge in [0.25, 0.3) is 0 Å². The molecule has 0 aromatic rings. The molecule has 0 aromatic carbocycles. The number of morpholine rings is 2. The van der Waals surface area contributed by atoms with Gasteiger partial charge in [-0.2, -0.15) is 0 Å². The third-order valence-electron chi connectivity index (χ3n) is 5.60. The van der Waals surface area contributed by atoms with E-state index in [4.69, 9.17) is 14.2 Å². The summed E-state index contributed by atoms with van der Waals surface area (Å²) in [5.74, 6) is 0. The summed E-state index contributed by atoms with van der Waals surface area (Å²) < 4.78 is 19.3. The van der Waals surface area contributed by atoms with Crippen molar-refractivity contribution < 1.29 is 57.1 Å². The molecule has 0 atom stereocenters. The van der Waals surface area contributed by atoms with Crippen molar-refractivity contribution in [1.29, 1.82) is 0 Å². The zero-order valence-corrected chi connectivity index (χ0v) is 17.9. The SMILES string of the molecule is CC[N+]1(CCOCC[N+]2(CC)CCOCC2)CCOCC1.[Br-].[Br-]. The van der Waals surface area contributed by atoms with Crippen molar-refractivity contribution in [2.45, 2.75) is 13.8 Å². The lowest BCUT2D eigenvalue weighted by molar-refractivity contribution is -0.936. The van der Waals surface area contributed by atoms with Gasteiger partial charge in [-0.15, -0.1) is 0 Å². The van der Waals surface area contributed by atoms with E-state index in [1.54, 1.807) is 0 Å². The summed E-state index contributed by atoms with van der Waals surface area (Å²) in [5.41, 5.74) is 0. The van der Waals surface area contributed by atoms with E-state index in [1.165, 1.54) is 22.1 Å². The zero-order valence-electron chi connectivity index (χ0n) is 14.8. The molecule has 2 saturated heterocycles. The van der Waals surface area contributed by atoms with Crippen LogP contribution in [-0.2, 0) is 14.2 Å². The fourth-order valence-electron chi connectivity index (χ4n) is 3.47. The van der Waals surface area contributed by atoms with Crippen LogP contribution in [0.2, 0.25) is 0 Å². The van der Waals surface area contributed by atoms with Gasteiger partial charge in [0.2, 0.25) is 0 Å². The Morgan fingerprint density at radius 2 is 1.04 bits per heavy atom. The van der Waals surface area contributed by atoms with Gasteiger partial charge in [0, 0.05) is 0 Å². The maximum atomic E-state index is 5.98. The molecule has 0 amide bonds. The topological polar surface area (TPSA) is 27.7 Å². The van der Waals surface area contributed by atoms with Crippen LogP contribution in [0.5, 0.6) is 0 Å². The summed E-state index contributed by atoms with van der Waals surface area (Å²) in [4.78, 5) is 0. The van der Waals surface area contributed by atoms with Gasteiger partial charge in [-0.3, -0.25) is 0 Å². The quantitative estimate of drug-likeness (QED) is 0.267. The minimum atomic E-state index is 0. The fourth-order valence-corrected chi connectivity index (χ4v) is 3.47. The largest absolute Gasteiger partial charge is 1.00 e. The molecule has 140 valence electrons. The van der Waals surface area contributed by atoms with Crippen molar-refractivity contribution in [3.8, 4) is 0 Å². The second kappa shape index (κ2) is 12.2. The Balaban J connectivity index is 0.00000242. The van der Waals surface area contributed by atoms with Crippen molar-refractivity contribution >= 4 is 0 Å². The standard InChI is InChI=1S/C16H34N2O3.2BrH/c1-3-17(5-11-19-12-6-17)9-15-21-16-10-18(4-2)7-13-20-14-8-18;;/h3-16H2,1-2H3;2*1H/q+2;;/p-2. The van der Waals surface area contributed by atoms with Crippen LogP contribution in [0.15, 0.2) is 0 Å². The molecule has 0 radical (unpaired) electrons. The van der Waals surface area contributed by atoms with E-state index in [-0.39, 0.29) is 34.0 Å². The lowest BCUT2D eigenvalue weighted by Crippen LogP contribution is -3.00. The third-order valence-corrected chi connectivity index (χ3v) is 5.60. The lowest BCUT2D eigenvalue weighted by atomic mass is 10.3. The summed E-state index contributed by atoms with van der Waals surface area (Å²) in [6.07, 6.45) is 0. The molecule has 0 aliphatic carbocycles. The Bertz CT molecular complexity index is 269. The highest BCUT2D eigenvalue weighted by Crippen LogP contribution is 2.12. The van der Waals surface area contributed by atoms with Crippen LogP contribution in [0.1, 0.15) is 13.8 Å². The van der Waals surface area contributed by atoms with Crippen molar-refractivity contribution in [1.82, 2.24) is 0 Å². The molecule has 0 bridgehead atoms. The number of nitrogens with zero attached hydrogens (tertiary/aromatic N) is 2. The number of likely N-dealkylation sites (N-methyl/N-ethyl adjacent to an activating group) is 2. The van der Waals surface area contributed by atoms with Crippen LogP contribution in [0.3, 0.4) is 0 Å². The molecule has 2 fully saturated rings. The molecule has 0 aromatic heterocycles. The molecule has 5 nitrogen and oxygen atoms in total. The second-order valence-corrected chi connectivity index (χ2v) is 6.49. The number of rotatable bonds is 8. The van der Waals surface area contributed by atoms with Gasteiger partial charge in [-0.1, -0.05) is 0 Å². The van der Waals surface area contributed by atoms with Crippen molar-refractivity contribution in [2.24, 2.45) is 0 Å². The Kier molecular flexibility index (Phi) is 12.6. The Morgan fingerprint density at radius 1 is 0.696 bits per heavy atom. The van der Waals surface area contributed by atoms with Crippen LogP contribution >= 0.6 is 0 Å². The van der Waals surface area contributed by atoms with Crippen LogP contribution in [0.25, 0.3) is 0 Å². The first-order valence-corrected chi connectivity index (χ1v) is 8.68. The lowest BCUT2D eigenvalue weighted by Gasteiger charge is -2.41. The number of ether oxygens (including phenoxy) is 3. The highest BCUT2D eigenvalue weighted by molar-refractivity contribution is 4.51. The molecule has 2 aliphatic rings. The predicted octanol–water partition coefficient (Wildman–Crippen LogP) is -5.26. The molecule has 23 heavy (non-hydrogen) atoms. The molecule has 2 rings (SSSR count). The van der Waals surface area contributed by atoms with E-state index in [9.17, 15) is 0 Å². The van der Waals surface area contributed by atoms with Gasteiger partial charge in [-0.25, -0.2) is 0 Å². The normalized spacial score (nSPS) is 22.7. The maximum Gasteiger partial charge on any atom is 0.103 e. The van der Waals surface area contributed by atoms with E-state index in [0.717, 1.165) is 78.9 Å². The minimum absolute atomic E-state index is 0. The number of hydrogen-bond donors (Lipinski definition) is 0. The number of hydrogen-bond acceptors (Lipinski definition) is 3. The van der Waals surface area contributed by atoms with Gasteiger partial charge in [0.15, 0.2) is 0 Å². The highest BCUT2D eigenvalue weighted by atomic mass is 79.9. The summed E-state index contributed by atoms with van der Waals surface area (Å²) in [7, 11) is 0. The molecule has 0 N–H and O–H groups in total. The van der Waals surface area contributed by atoms with E-state index in [0.29, 0.717) is 0 Å². The predicted molar refractivity (Wildman–Crippen MR) is 83.3 cm³/mol. The van der Waals surface area contributed by atoms with Gasteiger partial charge < -0.3 is 57.1 Å². The minimum Gasteiger partial charge on any atom is -1.00 e. The molecular weight excluding hydrogens is 428 g/mol. The molecule has 0 spiro atoms. The van der Waals surface area contributed by atoms with Gasteiger partial charge in [0.1, 0.15) is 39.3 Å². The molecule has 7 heteroatoms. The Morgan fingerprint density at radius 3 is 1.35 bits per heavy atom. The number of quaternary nitrogens is 2. The maximum absolute atomic E-state index is 5.98. The highest BCUT2D eigenvalue weighted by Gasteiger charge is 2.29. The summed E-state index contributed by atoms with van der Waals surface area (Å²) in [5, 5.41) is 0. The van der Waals surface area contributed by atoms with Crippen LogP contribution in [-0.4, -0.2) is 101 Å².